The van der Waals surface area contributed by atoms with Gasteiger partial charge >= 0.3 is 17.7 Å². The monoisotopic (exact) mass is 240 g/mol. The van der Waals surface area contributed by atoms with E-state index in [1.165, 1.54) is 6.07 Å². The van der Waals surface area contributed by atoms with E-state index in [1.54, 1.807) is 0 Å². The van der Waals surface area contributed by atoms with Crippen LogP contribution in [0.25, 0.3) is 0 Å². The minimum atomic E-state index is -4.01. The first-order valence-electron chi connectivity index (χ1n) is 3.27. The lowest BCUT2D eigenvalue weighted by Crippen LogP contribution is -2.31. The van der Waals surface area contributed by atoms with Gasteiger partial charge in [0.05, 0.1) is 9.21 Å². The van der Waals surface area contributed by atoms with Crippen LogP contribution in [0.15, 0.2) is 12.1 Å². The predicted octanol–water partition coefficient (Wildman–Crippen LogP) is 2.15. The molecule has 0 fully saturated rings. The molecule has 14 heavy (non-hydrogen) atoms. The van der Waals surface area contributed by atoms with Gasteiger partial charge in [-0.15, -0.1) is 11.3 Å². The van der Waals surface area contributed by atoms with E-state index >= 15 is 0 Å². The highest BCUT2D eigenvalue weighted by Crippen LogP contribution is 2.36. The van der Waals surface area contributed by atoms with Crippen LogP contribution < -0.4 is 0 Å². The van der Waals surface area contributed by atoms with E-state index in [9.17, 15) is 18.4 Å². The quantitative estimate of drug-likeness (QED) is 0.824. The fourth-order valence-corrected chi connectivity index (χ4v) is 1.74. The molecule has 0 spiro atoms. The Morgan fingerprint density at radius 2 is 2.00 bits per heavy atom. The van der Waals surface area contributed by atoms with Crippen molar-refractivity contribution < 1.29 is 23.5 Å². The van der Waals surface area contributed by atoms with E-state index in [4.69, 9.17) is 16.7 Å². The van der Waals surface area contributed by atoms with Crippen molar-refractivity contribution in [2.45, 2.75) is 5.92 Å². The molecule has 0 atom stereocenters. The van der Waals surface area contributed by atoms with Crippen molar-refractivity contribution in [3.05, 3.63) is 21.3 Å². The summed E-state index contributed by atoms with van der Waals surface area (Å²) in [5.74, 6) is -8.33. The molecule has 7 heteroatoms. The Morgan fingerprint density at radius 3 is 2.36 bits per heavy atom. The molecule has 1 aromatic rings. The maximum Gasteiger partial charge on any atom is 0.379 e. The van der Waals surface area contributed by atoms with Crippen LogP contribution in [0.4, 0.5) is 8.78 Å². The Labute approximate surface area is 85.9 Å². The molecule has 0 bridgehead atoms. The normalized spacial score (nSPS) is 11.4. The molecule has 1 aromatic heterocycles. The fraction of sp³-hybridized carbons (Fsp3) is 0.143. The smallest absolute Gasteiger partial charge is 0.379 e. The number of carbonyl (C=O) groups excluding carboxylic acids is 1. The number of carboxylic acids is 1. The number of halogens is 3. The van der Waals surface area contributed by atoms with Gasteiger partial charge in [0.15, 0.2) is 0 Å². The van der Waals surface area contributed by atoms with Crippen LogP contribution in [0.5, 0.6) is 0 Å². The first-order chi connectivity index (χ1) is 6.35. The number of carbonyl (C=O) groups is 2. The summed E-state index contributed by atoms with van der Waals surface area (Å²) in [6.07, 6.45) is 0. The van der Waals surface area contributed by atoms with Gasteiger partial charge in [0, 0.05) is 0 Å². The lowest BCUT2D eigenvalue weighted by molar-refractivity contribution is -0.162. The van der Waals surface area contributed by atoms with Crippen molar-refractivity contribution >= 4 is 34.7 Å². The highest BCUT2D eigenvalue weighted by molar-refractivity contribution is 7.16. The molecule has 0 aliphatic heterocycles. The van der Waals surface area contributed by atoms with Crippen LogP contribution >= 0.6 is 22.9 Å². The summed E-state index contributed by atoms with van der Waals surface area (Å²) >= 11 is 5.85. The Morgan fingerprint density at radius 1 is 1.43 bits per heavy atom. The molecule has 0 aromatic carbocycles. The van der Waals surface area contributed by atoms with Crippen molar-refractivity contribution in [3.63, 3.8) is 0 Å². The van der Waals surface area contributed by atoms with Crippen molar-refractivity contribution in [3.8, 4) is 0 Å². The van der Waals surface area contributed by atoms with Crippen molar-refractivity contribution in [1.29, 1.82) is 0 Å². The maximum absolute atomic E-state index is 13.0. The molecule has 0 unspecified atom stereocenters. The van der Waals surface area contributed by atoms with Crippen LogP contribution in [0.1, 0.15) is 4.88 Å². The molecule has 1 rings (SSSR count). The zero-order chi connectivity index (χ0) is 10.9. The van der Waals surface area contributed by atoms with Gasteiger partial charge in [0.2, 0.25) is 0 Å². The summed E-state index contributed by atoms with van der Waals surface area (Å²) in [6, 6.07) is 2.10. The number of rotatable bonds is 3. The third-order valence-electron chi connectivity index (χ3n) is 1.36. The molecule has 3 nitrogen and oxygen atoms in total. The van der Waals surface area contributed by atoms with Gasteiger partial charge in [-0.2, -0.15) is 8.78 Å². The number of hydrogen-bond donors (Lipinski definition) is 1. The van der Waals surface area contributed by atoms with E-state index in [-0.39, 0.29) is 4.34 Å². The topological polar surface area (TPSA) is 54.4 Å². The number of aliphatic carboxylic acids is 1. The number of alkyl halides is 2. The van der Waals surface area contributed by atoms with Crippen LogP contribution in [0.2, 0.25) is 4.34 Å². The van der Waals surface area contributed by atoms with Crippen molar-refractivity contribution in [1.82, 2.24) is 0 Å². The minimum absolute atomic E-state index is 0.0675. The summed E-state index contributed by atoms with van der Waals surface area (Å²) in [5, 5.41) is 8.13. The SMILES string of the molecule is O=C(O)C(=O)C(F)(F)c1ccc(Cl)s1. The average Bonchev–Trinajstić information content (AvgIpc) is 2.50. The van der Waals surface area contributed by atoms with Crippen LogP contribution in [0.3, 0.4) is 0 Å². The van der Waals surface area contributed by atoms with E-state index in [0.717, 1.165) is 6.07 Å². The van der Waals surface area contributed by atoms with Gasteiger partial charge in [0.25, 0.3) is 0 Å². The first-order valence-corrected chi connectivity index (χ1v) is 4.46. The van der Waals surface area contributed by atoms with Gasteiger partial charge in [-0.1, -0.05) is 11.6 Å². The van der Waals surface area contributed by atoms with E-state index < -0.39 is 22.6 Å². The standard InChI is InChI=1S/C7H3ClF2O3S/c8-4-2-1-3(14-4)7(9,10)5(11)6(12)13/h1-2H,(H,12,13). The summed E-state index contributed by atoms with van der Waals surface area (Å²) in [7, 11) is 0. The summed E-state index contributed by atoms with van der Waals surface area (Å²) in [5.41, 5.74) is 0. The number of hydrogen-bond acceptors (Lipinski definition) is 3. The van der Waals surface area contributed by atoms with Gasteiger partial charge in [-0.05, 0) is 12.1 Å². The zero-order valence-electron chi connectivity index (χ0n) is 6.46. The molecule has 0 radical (unpaired) electrons. The average molecular weight is 241 g/mol. The van der Waals surface area contributed by atoms with E-state index in [2.05, 4.69) is 0 Å². The predicted molar refractivity (Wildman–Crippen MR) is 45.9 cm³/mol. The third kappa shape index (κ3) is 1.91. The van der Waals surface area contributed by atoms with Gasteiger partial charge in [-0.3, -0.25) is 4.79 Å². The molecule has 1 heterocycles. The van der Waals surface area contributed by atoms with Crippen LogP contribution in [-0.4, -0.2) is 16.9 Å². The minimum Gasteiger partial charge on any atom is -0.475 e. The lowest BCUT2D eigenvalue weighted by atomic mass is 10.2. The third-order valence-corrected chi connectivity index (χ3v) is 2.66. The summed E-state index contributed by atoms with van der Waals surface area (Å²) in [6.45, 7) is 0. The Balaban J connectivity index is 3.07. The van der Waals surface area contributed by atoms with E-state index in [0.29, 0.717) is 11.3 Å². The lowest BCUT2D eigenvalue weighted by Gasteiger charge is -2.09. The largest absolute Gasteiger partial charge is 0.475 e. The van der Waals surface area contributed by atoms with Crippen LogP contribution in [-0.2, 0) is 15.5 Å². The Bertz CT molecular complexity index is 388. The van der Waals surface area contributed by atoms with E-state index in [1.807, 2.05) is 0 Å². The second-order valence-electron chi connectivity index (χ2n) is 2.31. The second-order valence-corrected chi connectivity index (χ2v) is 4.03. The molecule has 76 valence electrons. The molecule has 1 N–H and O–H groups in total. The second kappa shape index (κ2) is 3.62. The Hall–Kier alpha value is -1.01. The first kappa shape index (κ1) is 11.1. The van der Waals surface area contributed by atoms with Crippen molar-refractivity contribution in [2.24, 2.45) is 0 Å². The Kier molecular flexibility index (Phi) is 2.86. The number of carboxylic acid groups (broad SMARTS) is 1. The van der Waals surface area contributed by atoms with Gasteiger partial charge in [0.1, 0.15) is 0 Å². The molecular weight excluding hydrogens is 238 g/mol. The highest BCUT2D eigenvalue weighted by atomic mass is 35.5. The summed E-state index contributed by atoms with van der Waals surface area (Å²) < 4.78 is 26.1. The zero-order valence-corrected chi connectivity index (χ0v) is 8.03. The summed E-state index contributed by atoms with van der Waals surface area (Å²) in [4.78, 5) is 20.0. The maximum atomic E-state index is 13.0. The number of thiophene rings is 1. The fourth-order valence-electron chi connectivity index (χ4n) is 0.729. The molecule has 0 aliphatic carbocycles. The van der Waals surface area contributed by atoms with Crippen molar-refractivity contribution in [2.75, 3.05) is 0 Å². The highest BCUT2D eigenvalue weighted by Gasteiger charge is 2.46. The van der Waals surface area contributed by atoms with Gasteiger partial charge < -0.3 is 5.11 Å². The molecule has 0 aliphatic rings. The molecule has 0 saturated heterocycles. The number of ketones is 1. The van der Waals surface area contributed by atoms with Crippen LogP contribution in [0, 0.1) is 0 Å². The van der Waals surface area contributed by atoms with Gasteiger partial charge in [-0.25, -0.2) is 4.79 Å². The molecule has 0 amide bonds. The molecular formula is C7H3ClF2O3S. The molecule has 0 saturated carbocycles. The number of Topliss-reactive ketones (excluding diaryl/α,β-unsaturated/α-hetero) is 1.